The highest BCUT2D eigenvalue weighted by molar-refractivity contribution is 5.49. The zero-order valence-electron chi connectivity index (χ0n) is 14.9. The van der Waals surface area contributed by atoms with Crippen molar-refractivity contribution in [3.05, 3.63) is 53.3 Å². The minimum absolute atomic E-state index is 0.584. The van der Waals surface area contributed by atoms with Crippen LogP contribution in [0.1, 0.15) is 23.4 Å². The highest BCUT2D eigenvalue weighted by Gasteiger charge is 2.14. The van der Waals surface area contributed by atoms with Gasteiger partial charge in [0.15, 0.2) is 17.3 Å². The van der Waals surface area contributed by atoms with Crippen molar-refractivity contribution in [2.24, 2.45) is 0 Å². The average Bonchev–Trinajstić information content (AvgIpc) is 2.85. The molecule has 2 aromatic heterocycles. The molecule has 0 amide bonds. The molecule has 3 aromatic rings. The van der Waals surface area contributed by atoms with Crippen LogP contribution in [0, 0.1) is 13.8 Å². The van der Waals surface area contributed by atoms with Crippen molar-refractivity contribution in [2.75, 3.05) is 18.5 Å². The number of hydrogen-bond acceptors (Lipinski definition) is 6. The molecule has 134 valence electrons. The Morgan fingerprint density at radius 2 is 1.96 bits per heavy atom. The van der Waals surface area contributed by atoms with Gasteiger partial charge in [0.25, 0.3) is 0 Å². The van der Waals surface area contributed by atoms with Gasteiger partial charge in [-0.1, -0.05) is 12.1 Å². The summed E-state index contributed by atoms with van der Waals surface area (Å²) in [7, 11) is 0. The lowest BCUT2D eigenvalue weighted by molar-refractivity contribution is 0.296. The van der Waals surface area contributed by atoms with Crippen LogP contribution in [0.4, 0.5) is 5.82 Å². The summed E-state index contributed by atoms with van der Waals surface area (Å²) in [5.41, 5.74) is 3.02. The molecule has 7 heteroatoms. The molecule has 0 saturated carbocycles. The van der Waals surface area contributed by atoms with Gasteiger partial charge in [0.2, 0.25) is 0 Å². The summed E-state index contributed by atoms with van der Waals surface area (Å²) in [4.78, 5) is 0. The fourth-order valence-electron chi connectivity index (χ4n) is 2.97. The third kappa shape index (κ3) is 3.33. The van der Waals surface area contributed by atoms with Crippen molar-refractivity contribution in [3.63, 3.8) is 0 Å². The monoisotopic (exact) mass is 351 g/mol. The SMILES string of the molecule is Cc1cc(C)n(-c2ccc(NCc3cccc4c3OCCCO4)nn2)n1. The molecule has 1 aliphatic rings. The Kier molecular flexibility index (Phi) is 4.43. The van der Waals surface area contributed by atoms with Gasteiger partial charge >= 0.3 is 0 Å². The summed E-state index contributed by atoms with van der Waals surface area (Å²) >= 11 is 0. The molecule has 0 unspecified atom stereocenters. The van der Waals surface area contributed by atoms with E-state index >= 15 is 0 Å². The first kappa shape index (κ1) is 16.4. The molecule has 7 nitrogen and oxygen atoms in total. The lowest BCUT2D eigenvalue weighted by Gasteiger charge is -2.13. The largest absolute Gasteiger partial charge is 0.490 e. The molecule has 3 heterocycles. The van der Waals surface area contributed by atoms with Gasteiger partial charge in [-0.2, -0.15) is 5.10 Å². The van der Waals surface area contributed by atoms with Crippen LogP contribution >= 0.6 is 0 Å². The second kappa shape index (κ2) is 7.03. The molecular weight excluding hydrogens is 330 g/mol. The zero-order chi connectivity index (χ0) is 17.9. The second-order valence-corrected chi connectivity index (χ2v) is 6.26. The van der Waals surface area contributed by atoms with Gasteiger partial charge in [-0.05, 0) is 38.1 Å². The molecule has 0 fully saturated rings. The minimum atomic E-state index is 0.584. The van der Waals surface area contributed by atoms with E-state index in [4.69, 9.17) is 9.47 Å². The van der Waals surface area contributed by atoms with E-state index in [2.05, 4.69) is 20.6 Å². The van der Waals surface area contributed by atoms with Crippen LogP contribution in [-0.2, 0) is 6.54 Å². The maximum Gasteiger partial charge on any atom is 0.176 e. The number of benzene rings is 1. The summed E-state index contributed by atoms with van der Waals surface area (Å²) in [6.45, 7) is 5.89. The van der Waals surface area contributed by atoms with E-state index in [1.165, 1.54) is 0 Å². The standard InChI is InChI=1S/C19H21N5O2/c1-13-11-14(2)24(23-13)18-8-7-17(21-22-18)20-12-15-5-3-6-16-19(15)26-10-4-9-25-16/h3,5-8,11H,4,9-10,12H2,1-2H3,(H,20,21). The van der Waals surface area contributed by atoms with Crippen molar-refractivity contribution in [1.29, 1.82) is 0 Å². The predicted molar refractivity (Wildman–Crippen MR) is 98.0 cm³/mol. The van der Waals surface area contributed by atoms with Crippen LogP contribution in [0.5, 0.6) is 11.5 Å². The van der Waals surface area contributed by atoms with Gasteiger partial charge in [-0.25, -0.2) is 4.68 Å². The molecular formula is C19H21N5O2. The number of hydrogen-bond donors (Lipinski definition) is 1. The smallest absolute Gasteiger partial charge is 0.176 e. The molecule has 0 atom stereocenters. The van der Waals surface area contributed by atoms with Gasteiger partial charge in [0.1, 0.15) is 5.82 Å². The fraction of sp³-hybridized carbons (Fsp3) is 0.316. The Balaban J connectivity index is 1.48. The quantitative estimate of drug-likeness (QED) is 0.779. The summed E-state index contributed by atoms with van der Waals surface area (Å²) in [5.74, 6) is 3.01. The van der Waals surface area contributed by atoms with Crippen molar-refractivity contribution in [3.8, 4) is 17.3 Å². The summed E-state index contributed by atoms with van der Waals surface area (Å²) in [6.07, 6.45) is 0.890. The number of aryl methyl sites for hydroxylation is 2. The van der Waals surface area contributed by atoms with Crippen LogP contribution in [0.15, 0.2) is 36.4 Å². The molecule has 0 saturated heterocycles. The normalized spacial score (nSPS) is 13.3. The van der Waals surface area contributed by atoms with Crippen LogP contribution in [-0.4, -0.2) is 33.2 Å². The molecule has 0 aliphatic carbocycles. The first-order chi connectivity index (χ1) is 12.7. The lowest BCUT2D eigenvalue weighted by atomic mass is 10.2. The van der Waals surface area contributed by atoms with E-state index in [1.807, 2.05) is 50.2 Å². The number of rotatable bonds is 4. The Bertz CT molecular complexity index is 905. The number of nitrogens with one attached hydrogen (secondary N) is 1. The number of ether oxygens (including phenoxy) is 2. The molecule has 4 rings (SSSR count). The molecule has 1 aromatic carbocycles. The molecule has 0 spiro atoms. The third-order valence-electron chi connectivity index (χ3n) is 4.19. The predicted octanol–water partition coefficient (Wildman–Crippen LogP) is 3.05. The van der Waals surface area contributed by atoms with Gasteiger partial charge in [0.05, 0.1) is 18.9 Å². The number of fused-ring (bicyclic) bond motifs is 1. The van der Waals surface area contributed by atoms with E-state index in [9.17, 15) is 0 Å². The fourth-order valence-corrected chi connectivity index (χ4v) is 2.97. The van der Waals surface area contributed by atoms with Gasteiger partial charge in [-0.15, -0.1) is 10.2 Å². The van der Waals surface area contributed by atoms with Crippen LogP contribution in [0.2, 0.25) is 0 Å². The van der Waals surface area contributed by atoms with E-state index < -0.39 is 0 Å². The molecule has 1 N–H and O–H groups in total. The summed E-state index contributed by atoms with van der Waals surface area (Å²) in [6, 6.07) is 11.8. The first-order valence-electron chi connectivity index (χ1n) is 8.69. The molecule has 0 radical (unpaired) electrons. The van der Waals surface area contributed by atoms with Gasteiger partial charge < -0.3 is 14.8 Å². The van der Waals surface area contributed by atoms with E-state index in [-0.39, 0.29) is 0 Å². The van der Waals surface area contributed by atoms with Crippen LogP contribution in [0.25, 0.3) is 5.82 Å². The third-order valence-corrected chi connectivity index (χ3v) is 4.19. The van der Waals surface area contributed by atoms with Crippen molar-refractivity contribution >= 4 is 5.82 Å². The maximum absolute atomic E-state index is 5.85. The highest BCUT2D eigenvalue weighted by atomic mass is 16.5. The van der Waals surface area contributed by atoms with E-state index in [0.29, 0.717) is 31.4 Å². The first-order valence-corrected chi connectivity index (χ1v) is 8.69. The number of para-hydroxylation sites is 1. The van der Waals surface area contributed by atoms with E-state index in [0.717, 1.165) is 34.9 Å². The summed E-state index contributed by atoms with van der Waals surface area (Å²) < 4.78 is 13.4. The Morgan fingerprint density at radius 3 is 2.73 bits per heavy atom. The van der Waals surface area contributed by atoms with Crippen LogP contribution < -0.4 is 14.8 Å². The number of nitrogens with zero attached hydrogens (tertiary/aromatic N) is 4. The Labute approximate surface area is 152 Å². The maximum atomic E-state index is 5.85. The molecule has 0 bridgehead atoms. The highest BCUT2D eigenvalue weighted by Crippen LogP contribution is 2.33. The summed E-state index contributed by atoms with van der Waals surface area (Å²) in [5, 5.41) is 16.2. The molecule has 1 aliphatic heterocycles. The van der Waals surface area contributed by atoms with Crippen molar-refractivity contribution in [2.45, 2.75) is 26.8 Å². The minimum Gasteiger partial charge on any atom is -0.490 e. The topological polar surface area (TPSA) is 74.1 Å². The Morgan fingerprint density at radius 1 is 1.08 bits per heavy atom. The number of anilines is 1. The van der Waals surface area contributed by atoms with Crippen LogP contribution in [0.3, 0.4) is 0 Å². The number of aromatic nitrogens is 4. The second-order valence-electron chi connectivity index (χ2n) is 6.26. The van der Waals surface area contributed by atoms with Gasteiger partial charge in [-0.3, -0.25) is 0 Å². The lowest BCUT2D eigenvalue weighted by Crippen LogP contribution is -2.07. The van der Waals surface area contributed by atoms with E-state index in [1.54, 1.807) is 4.68 Å². The zero-order valence-corrected chi connectivity index (χ0v) is 14.9. The van der Waals surface area contributed by atoms with Gasteiger partial charge in [0, 0.05) is 24.2 Å². The molecule has 26 heavy (non-hydrogen) atoms. The van der Waals surface area contributed by atoms with Crippen molar-refractivity contribution in [1.82, 2.24) is 20.0 Å². The Hall–Kier alpha value is -3.09. The average molecular weight is 351 g/mol. The van der Waals surface area contributed by atoms with Crippen molar-refractivity contribution < 1.29 is 9.47 Å².